The lowest BCUT2D eigenvalue weighted by molar-refractivity contribution is -0.133. The molecule has 0 radical (unpaired) electrons. The van der Waals surface area contributed by atoms with Gasteiger partial charge in [0.05, 0.1) is 17.2 Å². The zero-order chi connectivity index (χ0) is 21.8. The number of nitrogens with one attached hydrogen (secondary N) is 1. The summed E-state index contributed by atoms with van der Waals surface area (Å²) in [5.41, 5.74) is 2.83. The maximum absolute atomic E-state index is 12.3. The molecular weight excluding hydrogens is 388 g/mol. The van der Waals surface area contributed by atoms with Gasteiger partial charge in [-0.05, 0) is 31.0 Å². The fourth-order valence-electron chi connectivity index (χ4n) is 4.36. The highest BCUT2D eigenvalue weighted by Crippen LogP contribution is 2.42. The molecule has 4 rings (SSSR count). The molecule has 2 aliphatic heterocycles. The van der Waals surface area contributed by atoms with Gasteiger partial charge in [0.15, 0.2) is 0 Å². The summed E-state index contributed by atoms with van der Waals surface area (Å²) in [7, 11) is 0. The Bertz CT molecular complexity index is 1030. The molecule has 2 heterocycles. The maximum atomic E-state index is 12.3. The molecule has 0 aromatic heterocycles. The van der Waals surface area contributed by atoms with E-state index in [9.17, 15) is 9.90 Å². The van der Waals surface area contributed by atoms with Crippen LogP contribution in [0.25, 0.3) is 0 Å². The monoisotopic (exact) mass is 416 g/mol. The molecular formula is C25H28N4O2. The van der Waals surface area contributed by atoms with Crippen molar-refractivity contribution in [3.63, 3.8) is 0 Å². The van der Waals surface area contributed by atoms with Crippen molar-refractivity contribution in [3.8, 4) is 0 Å². The molecule has 0 bridgehead atoms. The van der Waals surface area contributed by atoms with Crippen molar-refractivity contribution in [1.29, 1.82) is 0 Å². The Kier molecular flexibility index (Phi) is 6.16. The topological polar surface area (TPSA) is 77.3 Å². The highest BCUT2D eigenvalue weighted by molar-refractivity contribution is 6.17. The molecule has 0 spiro atoms. The molecule has 0 saturated carbocycles. The van der Waals surface area contributed by atoms with E-state index in [1.54, 1.807) is 6.92 Å². The number of amidine groups is 2. The number of nitrogens with zero attached hydrogens (tertiary/aromatic N) is 3. The van der Waals surface area contributed by atoms with Gasteiger partial charge in [0, 0.05) is 18.2 Å². The number of anilines is 1. The van der Waals surface area contributed by atoms with Crippen molar-refractivity contribution < 1.29 is 9.90 Å². The Hall–Kier alpha value is -3.41. The van der Waals surface area contributed by atoms with Crippen LogP contribution in [0, 0.1) is 5.92 Å². The number of benzene rings is 2. The van der Waals surface area contributed by atoms with Crippen molar-refractivity contribution in [3.05, 3.63) is 77.5 Å². The number of aliphatic carboxylic acids is 1. The standard InChI is InChI=1S/C25H28N4O2/c1-3-4-15-26-23-22-21(18-11-7-5-8-12-18)20(25(30)31)17(2)28-24(22)29(16-27-23)19-13-9-6-10-14-19/h5-14,21-22H,3-4,15-16H2,1-2H3,(H,26,27)(H,30,31). The fourth-order valence-corrected chi connectivity index (χ4v) is 4.36. The molecule has 160 valence electrons. The number of carboxylic acid groups (broad SMARTS) is 1. The Balaban J connectivity index is 1.87. The second kappa shape index (κ2) is 9.16. The molecule has 0 amide bonds. The molecule has 0 saturated heterocycles. The summed E-state index contributed by atoms with van der Waals surface area (Å²) >= 11 is 0. The van der Waals surface area contributed by atoms with Crippen LogP contribution in [0.1, 0.15) is 38.2 Å². The summed E-state index contributed by atoms with van der Waals surface area (Å²) in [5.74, 6) is 0.0727. The van der Waals surface area contributed by atoms with E-state index in [0.29, 0.717) is 17.9 Å². The number of fused-ring (bicyclic) bond motifs is 1. The van der Waals surface area contributed by atoms with E-state index in [1.807, 2.05) is 60.7 Å². The van der Waals surface area contributed by atoms with Crippen LogP contribution in [0.4, 0.5) is 5.69 Å². The van der Waals surface area contributed by atoms with E-state index in [-0.39, 0.29) is 11.8 Å². The lowest BCUT2D eigenvalue weighted by Crippen LogP contribution is -2.53. The Morgan fingerprint density at radius 3 is 2.42 bits per heavy atom. The molecule has 31 heavy (non-hydrogen) atoms. The van der Waals surface area contributed by atoms with Crippen molar-refractivity contribution in [2.75, 3.05) is 18.1 Å². The van der Waals surface area contributed by atoms with Crippen molar-refractivity contribution >= 4 is 23.3 Å². The fraction of sp³-hybridized carbons (Fsp3) is 0.320. The summed E-state index contributed by atoms with van der Waals surface area (Å²) in [6, 6.07) is 19.9. The highest BCUT2D eigenvalue weighted by atomic mass is 16.4. The first kappa shape index (κ1) is 20.8. The third kappa shape index (κ3) is 4.10. The number of rotatable bonds is 6. The summed E-state index contributed by atoms with van der Waals surface area (Å²) < 4.78 is 0. The first-order valence-electron chi connectivity index (χ1n) is 10.8. The lowest BCUT2D eigenvalue weighted by Gasteiger charge is -2.41. The number of hydrogen-bond acceptors (Lipinski definition) is 5. The summed E-state index contributed by atoms with van der Waals surface area (Å²) in [6.45, 7) is 5.19. The van der Waals surface area contributed by atoms with Gasteiger partial charge < -0.3 is 15.3 Å². The van der Waals surface area contributed by atoms with Crippen molar-refractivity contribution in [1.82, 2.24) is 5.32 Å². The second-order valence-corrected chi connectivity index (χ2v) is 7.87. The van der Waals surface area contributed by atoms with Crippen LogP contribution < -0.4 is 10.2 Å². The van der Waals surface area contributed by atoms with Crippen LogP contribution in [0.15, 0.2) is 81.9 Å². The van der Waals surface area contributed by atoms with Crippen LogP contribution in [0.2, 0.25) is 0 Å². The van der Waals surface area contributed by atoms with Crippen LogP contribution in [-0.2, 0) is 4.79 Å². The van der Waals surface area contributed by atoms with E-state index in [1.165, 1.54) is 0 Å². The van der Waals surface area contributed by atoms with Crippen LogP contribution in [0.5, 0.6) is 0 Å². The average Bonchev–Trinajstić information content (AvgIpc) is 2.79. The van der Waals surface area contributed by atoms with Crippen molar-refractivity contribution in [2.45, 2.75) is 32.6 Å². The number of hydrogen-bond donors (Lipinski definition) is 2. The predicted octanol–water partition coefficient (Wildman–Crippen LogP) is 4.42. The smallest absolute Gasteiger partial charge is 0.334 e. The Morgan fingerprint density at radius 1 is 1.10 bits per heavy atom. The van der Waals surface area contributed by atoms with Gasteiger partial charge in [-0.2, -0.15) is 0 Å². The van der Waals surface area contributed by atoms with E-state index in [2.05, 4.69) is 17.1 Å². The Labute approximate surface area is 183 Å². The zero-order valence-electron chi connectivity index (χ0n) is 18.0. The minimum atomic E-state index is -0.932. The van der Waals surface area contributed by atoms with Gasteiger partial charge in [-0.3, -0.25) is 4.99 Å². The van der Waals surface area contributed by atoms with Crippen LogP contribution >= 0.6 is 0 Å². The largest absolute Gasteiger partial charge is 0.478 e. The molecule has 2 aromatic rings. The van der Waals surface area contributed by atoms with E-state index < -0.39 is 5.97 Å². The van der Waals surface area contributed by atoms with E-state index in [0.717, 1.165) is 42.3 Å². The van der Waals surface area contributed by atoms with Gasteiger partial charge in [-0.15, -0.1) is 0 Å². The average molecular weight is 417 g/mol. The Morgan fingerprint density at radius 2 is 1.77 bits per heavy atom. The summed E-state index contributed by atoms with van der Waals surface area (Å²) in [6.07, 6.45) is 2.10. The van der Waals surface area contributed by atoms with Crippen LogP contribution in [-0.4, -0.2) is 36.0 Å². The molecule has 6 nitrogen and oxygen atoms in total. The molecule has 6 heteroatoms. The summed E-state index contributed by atoms with van der Waals surface area (Å²) in [5, 5.41) is 13.6. The predicted molar refractivity (Wildman–Crippen MR) is 125 cm³/mol. The van der Waals surface area contributed by atoms with Gasteiger partial charge in [0.25, 0.3) is 0 Å². The molecule has 2 aliphatic rings. The number of unbranched alkanes of at least 4 members (excludes halogenated alkanes) is 1. The molecule has 2 aromatic carbocycles. The first-order chi connectivity index (χ1) is 15.1. The number of para-hydroxylation sites is 1. The van der Waals surface area contributed by atoms with E-state index >= 15 is 0 Å². The maximum Gasteiger partial charge on any atom is 0.334 e. The third-order valence-corrected chi connectivity index (χ3v) is 5.84. The number of carboxylic acids is 1. The van der Waals surface area contributed by atoms with Gasteiger partial charge in [0.2, 0.25) is 0 Å². The molecule has 2 unspecified atom stereocenters. The summed E-state index contributed by atoms with van der Waals surface area (Å²) in [4.78, 5) is 24.1. The van der Waals surface area contributed by atoms with Gasteiger partial charge in [0.1, 0.15) is 18.3 Å². The van der Waals surface area contributed by atoms with Gasteiger partial charge in [-0.1, -0.05) is 61.9 Å². The second-order valence-electron chi connectivity index (χ2n) is 7.87. The first-order valence-corrected chi connectivity index (χ1v) is 10.8. The minimum Gasteiger partial charge on any atom is -0.478 e. The quantitative estimate of drug-likeness (QED) is 0.683. The van der Waals surface area contributed by atoms with Gasteiger partial charge in [-0.25, -0.2) is 9.79 Å². The molecule has 0 fully saturated rings. The van der Waals surface area contributed by atoms with Crippen molar-refractivity contribution in [2.24, 2.45) is 15.9 Å². The van der Waals surface area contributed by atoms with E-state index in [4.69, 9.17) is 9.98 Å². The normalized spacial score (nSPS) is 20.6. The lowest BCUT2D eigenvalue weighted by atomic mass is 9.75. The molecule has 2 N–H and O–H groups in total. The number of carbonyl (C=O) groups is 1. The molecule has 0 aliphatic carbocycles. The number of allylic oxidation sites excluding steroid dienone is 1. The van der Waals surface area contributed by atoms with Gasteiger partial charge >= 0.3 is 5.97 Å². The highest BCUT2D eigenvalue weighted by Gasteiger charge is 2.44. The minimum absolute atomic E-state index is 0.289. The number of aliphatic imine (C=N–C) groups is 2. The zero-order valence-corrected chi connectivity index (χ0v) is 18.0. The SMILES string of the molecule is CCCCNC1=NCN(c2ccccc2)C2=NC(C)=C(C(=O)O)C(c3ccccc3)C12. The molecule has 2 atom stereocenters. The third-order valence-electron chi connectivity index (χ3n) is 5.84. The van der Waals surface area contributed by atoms with Crippen LogP contribution in [0.3, 0.4) is 0 Å².